The molecular formula is C16H22FNO3. The van der Waals surface area contributed by atoms with Crippen molar-refractivity contribution in [1.82, 2.24) is 4.90 Å². The van der Waals surface area contributed by atoms with Crippen LogP contribution in [-0.4, -0.2) is 41.0 Å². The van der Waals surface area contributed by atoms with Gasteiger partial charge in [0.25, 0.3) is 0 Å². The third kappa shape index (κ3) is 4.09. The molecule has 2 atom stereocenters. The van der Waals surface area contributed by atoms with Crippen molar-refractivity contribution >= 4 is 6.09 Å². The first-order chi connectivity index (χ1) is 9.76. The molecule has 1 N–H and O–H groups in total. The Morgan fingerprint density at radius 3 is 2.48 bits per heavy atom. The van der Waals surface area contributed by atoms with Crippen molar-refractivity contribution in [2.75, 3.05) is 13.1 Å². The van der Waals surface area contributed by atoms with Crippen LogP contribution in [0.5, 0.6) is 5.75 Å². The first kappa shape index (κ1) is 15.6. The van der Waals surface area contributed by atoms with E-state index >= 15 is 0 Å². The summed E-state index contributed by atoms with van der Waals surface area (Å²) in [6.45, 7) is 5.89. The summed E-state index contributed by atoms with van der Waals surface area (Å²) in [6.07, 6.45) is -1.05. The van der Waals surface area contributed by atoms with Gasteiger partial charge >= 0.3 is 6.09 Å². The van der Waals surface area contributed by atoms with Crippen LogP contribution in [0.15, 0.2) is 24.3 Å². The molecule has 1 aliphatic heterocycles. The maximum atomic E-state index is 14.4. The van der Waals surface area contributed by atoms with Crippen LogP contribution in [-0.2, 0) is 4.74 Å². The molecule has 0 radical (unpaired) electrons. The second-order valence-electron chi connectivity index (χ2n) is 6.43. The highest BCUT2D eigenvalue weighted by Crippen LogP contribution is 2.31. The maximum Gasteiger partial charge on any atom is 0.410 e. The van der Waals surface area contributed by atoms with Crippen LogP contribution in [0.4, 0.5) is 9.18 Å². The van der Waals surface area contributed by atoms with Crippen molar-refractivity contribution in [3.63, 3.8) is 0 Å². The monoisotopic (exact) mass is 295 g/mol. The van der Waals surface area contributed by atoms with E-state index < -0.39 is 17.9 Å². The average molecular weight is 295 g/mol. The second-order valence-corrected chi connectivity index (χ2v) is 6.43. The Kier molecular flexibility index (Phi) is 4.40. The van der Waals surface area contributed by atoms with Gasteiger partial charge in [-0.2, -0.15) is 0 Å². The van der Waals surface area contributed by atoms with Crippen molar-refractivity contribution in [1.29, 1.82) is 0 Å². The molecule has 0 spiro atoms. The molecule has 0 bridgehead atoms. The van der Waals surface area contributed by atoms with Gasteiger partial charge in [-0.1, -0.05) is 12.1 Å². The van der Waals surface area contributed by atoms with E-state index in [9.17, 15) is 14.3 Å². The molecule has 5 heteroatoms. The number of hydrogen-bond donors (Lipinski definition) is 1. The van der Waals surface area contributed by atoms with Crippen molar-refractivity contribution in [3.8, 4) is 5.75 Å². The topological polar surface area (TPSA) is 49.8 Å². The summed E-state index contributed by atoms with van der Waals surface area (Å²) in [5, 5.41) is 9.28. The molecule has 1 heterocycles. The number of halogens is 1. The molecule has 116 valence electrons. The summed E-state index contributed by atoms with van der Waals surface area (Å²) in [7, 11) is 0. The fraction of sp³-hybridized carbons (Fsp3) is 0.562. The van der Waals surface area contributed by atoms with Gasteiger partial charge in [0, 0.05) is 12.5 Å². The van der Waals surface area contributed by atoms with Gasteiger partial charge in [-0.05, 0) is 44.9 Å². The Morgan fingerprint density at radius 2 is 1.95 bits per heavy atom. The number of carbonyl (C=O) groups excluding carboxylic acids is 1. The zero-order chi connectivity index (χ0) is 15.6. The Bertz CT molecular complexity index is 495. The van der Waals surface area contributed by atoms with Crippen LogP contribution in [0.1, 0.15) is 38.7 Å². The molecule has 1 amide bonds. The minimum Gasteiger partial charge on any atom is -0.508 e. The number of nitrogens with zero attached hydrogens (tertiary/aromatic N) is 1. The fourth-order valence-electron chi connectivity index (χ4n) is 2.49. The van der Waals surface area contributed by atoms with Gasteiger partial charge in [-0.15, -0.1) is 0 Å². The van der Waals surface area contributed by atoms with Crippen LogP contribution in [0.2, 0.25) is 0 Å². The summed E-state index contributed by atoms with van der Waals surface area (Å²) < 4.78 is 19.6. The molecule has 1 aromatic carbocycles. The van der Waals surface area contributed by atoms with E-state index in [1.165, 1.54) is 4.90 Å². The van der Waals surface area contributed by atoms with E-state index in [-0.39, 0.29) is 18.2 Å². The quantitative estimate of drug-likeness (QED) is 0.863. The van der Waals surface area contributed by atoms with Crippen LogP contribution in [0.3, 0.4) is 0 Å². The number of phenols is 1. The summed E-state index contributed by atoms with van der Waals surface area (Å²) in [5.74, 6) is -0.0790. The maximum absolute atomic E-state index is 14.4. The Balaban J connectivity index is 1.99. The number of phenolic OH excluding ortho intramolecular Hbond substituents is 1. The van der Waals surface area contributed by atoms with Gasteiger partial charge in [0.2, 0.25) is 0 Å². The van der Waals surface area contributed by atoms with Gasteiger partial charge < -0.3 is 14.7 Å². The van der Waals surface area contributed by atoms with Gasteiger partial charge in [0.05, 0.1) is 6.54 Å². The zero-order valence-electron chi connectivity index (χ0n) is 12.7. The molecule has 1 aliphatic rings. The Labute approximate surface area is 124 Å². The number of amides is 1. The number of ether oxygens (including phenoxy) is 1. The van der Waals surface area contributed by atoms with Crippen molar-refractivity contribution in [2.24, 2.45) is 0 Å². The Hall–Kier alpha value is -1.78. The molecule has 1 aromatic rings. The van der Waals surface area contributed by atoms with E-state index in [1.54, 1.807) is 45.0 Å². The van der Waals surface area contributed by atoms with Gasteiger partial charge in [-0.25, -0.2) is 9.18 Å². The van der Waals surface area contributed by atoms with E-state index in [1.807, 2.05) is 0 Å². The van der Waals surface area contributed by atoms with E-state index in [0.29, 0.717) is 13.0 Å². The molecule has 1 fully saturated rings. The number of rotatable bonds is 1. The number of hydrogen-bond acceptors (Lipinski definition) is 3. The second kappa shape index (κ2) is 5.92. The minimum atomic E-state index is -1.13. The SMILES string of the molecule is CC(C)(C)OC(=O)N1CC[C@H](c2ccc(O)cc2)[C@@H](F)C1. The number of likely N-dealkylation sites (tertiary alicyclic amines) is 1. The van der Waals surface area contributed by atoms with Gasteiger partial charge in [-0.3, -0.25) is 0 Å². The third-order valence-electron chi connectivity index (χ3n) is 3.51. The normalized spacial score (nSPS) is 23.0. The molecule has 0 saturated carbocycles. The number of aromatic hydroxyl groups is 1. The molecule has 4 nitrogen and oxygen atoms in total. The molecular weight excluding hydrogens is 273 g/mol. The number of carbonyl (C=O) groups is 1. The van der Waals surface area contributed by atoms with Crippen LogP contribution in [0.25, 0.3) is 0 Å². The number of alkyl halides is 1. The number of piperidine rings is 1. The third-order valence-corrected chi connectivity index (χ3v) is 3.51. The summed E-state index contributed by atoms with van der Waals surface area (Å²) in [6, 6.07) is 6.58. The molecule has 21 heavy (non-hydrogen) atoms. The van der Waals surface area contributed by atoms with Crippen LogP contribution in [0, 0.1) is 0 Å². The lowest BCUT2D eigenvalue weighted by Gasteiger charge is -2.35. The first-order valence-corrected chi connectivity index (χ1v) is 7.17. The zero-order valence-corrected chi connectivity index (χ0v) is 12.7. The van der Waals surface area contributed by atoms with Crippen molar-refractivity contribution < 1.29 is 19.0 Å². The predicted octanol–water partition coefficient (Wildman–Crippen LogP) is 3.45. The van der Waals surface area contributed by atoms with E-state index in [2.05, 4.69) is 0 Å². The smallest absolute Gasteiger partial charge is 0.410 e. The molecule has 0 aromatic heterocycles. The summed E-state index contributed by atoms with van der Waals surface area (Å²) in [5.41, 5.74) is 0.278. The Morgan fingerprint density at radius 1 is 1.33 bits per heavy atom. The largest absolute Gasteiger partial charge is 0.508 e. The highest BCUT2D eigenvalue weighted by Gasteiger charge is 2.34. The predicted molar refractivity (Wildman–Crippen MR) is 78.2 cm³/mol. The van der Waals surface area contributed by atoms with Crippen LogP contribution >= 0.6 is 0 Å². The average Bonchev–Trinajstić information content (AvgIpc) is 2.38. The van der Waals surface area contributed by atoms with Crippen molar-refractivity contribution in [3.05, 3.63) is 29.8 Å². The van der Waals surface area contributed by atoms with Gasteiger partial charge in [0.15, 0.2) is 0 Å². The van der Waals surface area contributed by atoms with Crippen LogP contribution < -0.4 is 0 Å². The standard InChI is InChI=1S/C16H22FNO3/c1-16(2,3)21-15(20)18-9-8-13(14(17)10-18)11-4-6-12(19)7-5-11/h4-7,13-14,19H,8-10H2,1-3H3/t13-,14+/m1/s1. The highest BCUT2D eigenvalue weighted by atomic mass is 19.1. The first-order valence-electron chi connectivity index (χ1n) is 7.17. The lowest BCUT2D eigenvalue weighted by Crippen LogP contribution is -2.46. The molecule has 0 unspecified atom stereocenters. The molecule has 1 saturated heterocycles. The lowest BCUT2D eigenvalue weighted by molar-refractivity contribution is 0.0111. The highest BCUT2D eigenvalue weighted by molar-refractivity contribution is 5.68. The number of benzene rings is 1. The van der Waals surface area contributed by atoms with E-state index in [4.69, 9.17) is 4.74 Å². The summed E-state index contributed by atoms with van der Waals surface area (Å²) in [4.78, 5) is 13.4. The lowest BCUT2D eigenvalue weighted by atomic mass is 9.88. The molecule has 0 aliphatic carbocycles. The van der Waals surface area contributed by atoms with E-state index in [0.717, 1.165) is 5.56 Å². The summed E-state index contributed by atoms with van der Waals surface area (Å²) >= 11 is 0. The van der Waals surface area contributed by atoms with Crippen molar-refractivity contribution in [2.45, 2.75) is 44.9 Å². The minimum absolute atomic E-state index is 0.0421. The van der Waals surface area contributed by atoms with Gasteiger partial charge in [0.1, 0.15) is 17.5 Å². The molecule has 2 rings (SSSR count). The fourth-order valence-corrected chi connectivity index (χ4v) is 2.49.